The molecule has 2 aromatic heterocycles. The number of carbonyl (C=O) groups excluding carboxylic acids is 2. The molecule has 0 atom stereocenters. The van der Waals surface area contributed by atoms with Crippen LogP contribution in [0, 0.1) is 0 Å². The number of para-hydroxylation sites is 1. The summed E-state index contributed by atoms with van der Waals surface area (Å²) in [6.07, 6.45) is 5.48. The van der Waals surface area contributed by atoms with E-state index in [9.17, 15) is 19.5 Å². The van der Waals surface area contributed by atoms with Crippen molar-refractivity contribution in [2.75, 3.05) is 5.75 Å². The molecular weight excluding hydrogens is 496 g/mol. The predicted molar refractivity (Wildman–Crippen MR) is 139 cm³/mol. The van der Waals surface area contributed by atoms with Gasteiger partial charge in [0.05, 0.1) is 29.0 Å². The number of benzene rings is 2. The first kappa shape index (κ1) is 24.0. The lowest BCUT2D eigenvalue weighted by Gasteiger charge is -2.13. The molecule has 0 saturated carbocycles. The monoisotopic (exact) mass is 517 g/mol. The van der Waals surface area contributed by atoms with Crippen LogP contribution in [-0.2, 0) is 17.6 Å². The van der Waals surface area contributed by atoms with E-state index in [-0.39, 0.29) is 22.8 Å². The summed E-state index contributed by atoms with van der Waals surface area (Å²) in [5, 5.41) is 15.9. The summed E-state index contributed by atoms with van der Waals surface area (Å²) < 4.78 is 1.59. The average Bonchev–Trinajstić information content (AvgIpc) is 3.27. The number of fused-ring (bicyclic) bond motifs is 3. The zero-order valence-corrected chi connectivity index (χ0v) is 20.7. The highest BCUT2D eigenvalue weighted by atomic mass is 32.2. The van der Waals surface area contributed by atoms with Gasteiger partial charge in [0.15, 0.2) is 5.16 Å². The molecule has 0 fully saturated rings. The third-order valence-corrected chi connectivity index (χ3v) is 7.98. The van der Waals surface area contributed by atoms with Gasteiger partial charge in [-0.15, -0.1) is 11.3 Å². The third-order valence-electron chi connectivity index (χ3n) is 5.85. The Morgan fingerprint density at radius 1 is 1.11 bits per heavy atom. The number of carboxylic acids is 1. The van der Waals surface area contributed by atoms with Gasteiger partial charge in [0.2, 0.25) is 0 Å². The molecule has 1 aliphatic rings. The predicted octanol–water partition coefficient (Wildman–Crippen LogP) is 2.93. The van der Waals surface area contributed by atoms with Crippen LogP contribution in [0.5, 0.6) is 0 Å². The minimum absolute atomic E-state index is 0.0107. The fourth-order valence-corrected chi connectivity index (χ4v) is 6.24. The van der Waals surface area contributed by atoms with E-state index in [2.05, 4.69) is 10.5 Å². The molecule has 0 radical (unpaired) electrons. The van der Waals surface area contributed by atoms with E-state index >= 15 is 0 Å². The van der Waals surface area contributed by atoms with Crippen LogP contribution in [-0.4, -0.2) is 33.4 Å². The zero-order chi connectivity index (χ0) is 25.1. The smallest absolute Gasteiger partial charge is 0.267 e. The van der Waals surface area contributed by atoms with Gasteiger partial charge < -0.3 is 9.90 Å². The number of aryl methyl sites for hydroxylation is 2. The molecule has 1 aliphatic carbocycles. The van der Waals surface area contributed by atoms with Gasteiger partial charge in [0, 0.05) is 4.88 Å². The van der Waals surface area contributed by atoms with E-state index in [0.29, 0.717) is 21.8 Å². The molecule has 1 N–H and O–H groups in total. The second-order valence-corrected chi connectivity index (χ2v) is 10.3. The summed E-state index contributed by atoms with van der Waals surface area (Å²) in [6, 6.07) is 15.3. The molecule has 10 heteroatoms. The maximum absolute atomic E-state index is 13.7. The van der Waals surface area contributed by atoms with Crippen LogP contribution in [0.3, 0.4) is 0 Å². The lowest BCUT2D eigenvalue weighted by atomic mass is 9.97. The lowest BCUT2D eigenvalue weighted by molar-refractivity contribution is -0.255. The van der Waals surface area contributed by atoms with E-state index in [0.717, 1.165) is 36.1 Å². The van der Waals surface area contributed by atoms with Crippen LogP contribution >= 0.6 is 23.1 Å². The Bertz CT molecular complexity index is 1530. The molecule has 0 saturated heterocycles. The van der Waals surface area contributed by atoms with E-state index in [1.54, 1.807) is 28.0 Å². The van der Waals surface area contributed by atoms with Crippen molar-refractivity contribution in [3.8, 4) is 5.69 Å². The number of aromatic carboxylic acids is 1. The summed E-state index contributed by atoms with van der Waals surface area (Å²) in [6.45, 7) is 0. The van der Waals surface area contributed by atoms with Crippen LogP contribution in [0.15, 0.2) is 69.6 Å². The van der Waals surface area contributed by atoms with Crippen molar-refractivity contribution >= 4 is 51.4 Å². The fourth-order valence-electron chi connectivity index (χ4n) is 4.13. The van der Waals surface area contributed by atoms with Gasteiger partial charge in [0.25, 0.3) is 11.5 Å². The van der Waals surface area contributed by atoms with Gasteiger partial charge in [-0.25, -0.2) is 10.4 Å². The quantitative estimate of drug-likeness (QED) is 0.174. The Kier molecular flexibility index (Phi) is 6.97. The lowest BCUT2D eigenvalue weighted by Crippen LogP contribution is -2.24. The average molecular weight is 518 g/mol. The number of nitrogens with one attached hydrogen (secondary N) is 1. The van der Waals surface area contributed by atoms with Crippen molar-refractivity contribution in [3.63, 3.8) is 0 Å². The third kappa shape index (κ3) is 4.95. The summed E-state index contributed by atoms with van der Waals surface area (Å²) >= 11 is 2.75. The molecule has 0 bridgehead atoms. The topological polar surface area (TPSA) is 116 Å². The largest absolute Gasteiger partial charge is 0.545 e. The molecule has 5 rings (SSSR count). The Hall–Kier alpha value is -3.76. The fraction of sp³-hybridized carbons (Fsp3) is 0.192. The Balaban J connectivity index is 1.37. The number of rotatable bonds is 7. The number of hydrogen-bond donors (Lipinski definition) is 1. The molecule has 8 nitrogen and oxygen atoms in total. The highest BCUT2D eigenvalue weighted by Gasteiger charge is 2.23. The number of hydrazone groups is 1. The van der Waals surface area contributed by atoms with E-state index in [1.807, 2.05) is 30.3 Å². The molecule has 0 aliphatic heterocycles. The minimum atomic E-state index is -1.26. The summed E-state index contributed by atoms with van der Waals surface area (Å²) in [5.41, 5.74) is 4.87. The maximum atomic E-state index is 13.7. The van der Waals surface area contributed by atoms with Crippen LogP contribution in [0.25, 0.3) is 15.9 Å². The molecule has 182 valence electrons. The molecule has 2 heterocycles. The number of carbonyl (C=O) groups is 2. The summed E-state index contributed by atoms with van der Waals surface area (Å²) in [4.78, 5) is 43.7. The number of carboxylic acid groups (broad SMARTS) is 1. The molecule has 1 amide bonds. The number of amides is 1. The van der Waals surface area contributed by atoms with Crippen LogP contribution < -0.4 is 16.1 Å². The first-order chi connectivity index (χ1) is 17.5. The van der Waals surface area contributed by atoms with Gasteiger partial charge in [-0.05, 0) is 54.5 Å². The first-order valence-electron chi connectivity index (χ1n) is 11.4. The summed E-state index contributed by atoms with van der Waals surface area (Å²) in [5.74, 6) is -1.61. The van der Waals surface area contributed by atoms with E-state index in [1.165, 1.54) is 35.0 Å². The summed E-state index contributed by atoms with van der Waals surface area (Å²) in [7, 11) is 0. The van der Waals surface area contributed by atoms with Crippen molar-refractivity contribution in [1.29, 1.82) is 0 Å². The Labute approximate surface area is 214 Å². The Morgan fingerprint density at radius 3 is 2.61 bits per heavy atom. The van der Waals surface area contributed by atoms with Gasteiger partial charge in [-0.1, -0.05) is 54.2 Å². The standard InChI is InChI=1S/C26H22N4O4S2/c31-21(29-27-14-16-10-12-17(13-11-16)25(33)34)15-35-26-28-23-22(19-8-4-5-9-20(19)36-23)24(32)30(26)18-6-2-1-3-7-18/h1-3,6-7,10-14H,4-5,8-9,15H2,(H,29,31)(H,33,34)/p-1/b27-14-. The molecule has 0 unspecified atom stereocenters. The van der Waals surface area contributed by atoms with Crippen molar-refractivity contribution in [3.05, 3.63) is 86.5 Å². The van der Waals surface area contributed by atoms with Gasteiger partial charge in [0.1, 0.15) is 4.83 Å². The minimum Gasteiger partial charge on any atom is -0.545 e. The van der Waals surface area contributed by atoms with Gasteiger partial charge in [-0.2, -0.15) is 5.10 Å². The molecule has 4 aromatic rings. The highest BCUT2D eigenvalue weighted by Crippen LogP contribution is 2.35. The van der Waals surface area contributed by atoms with Crippen molar-refractivity contribution in [2.24, 2.45) is 5.10 Å². The van der Waals surface area contributed by atoms with Crippen LogP contribution in [0.1, 0.15) is 39.2 Å². The second-order valence-electron chi connectivity index (χ2n) is 8.25. The van der Waals surface area contributed by atoms with E-state index < -0.39 is 5.97 Å². The number of thioether (sulfide) groups is 1. The van der Waals surface area contributed by atoms with Crippen molar-refractivity contribution in [1.82, 2.24) is 15.0 Å². The first-order valence-corrected chi connectivity index (χ1v) is 13.2. The number of hydrogen-bond acceptors (Lipinski definition) is 8. The molecule has 2 aromatic carbocycles. The number of aromatic nitrogens is 2. The van der Waals surface area contributed by atoms with Gasteiger partial charge >= 0.3 is 0 Å². The van der Waals surface area contributed by atoms with Crippen LogP contribution in [0.2, 0.25) is 0 Å². The van der Waals surface area contributed by atoms with Crippen molar-refractivity contribution in [2.45, 2.75) is 30.8 Å². The SMILES string of the molecule is O=C(CSc1nc2sc3c(c2c(=O)n1-c1ccccc1)CCCC3)N/N=C\c1ccc(C(=O)[O-])cc1. The highest BCUT2D eigenvalue weighted by molar-refractivity contribution is 7.99. The van der Waals surface area contributed by atoms with E-state index in [4.69, 9.17) is 4.98 Å². The second kappa shape index (κ2) is 10.5. The molecule has 0 spiro atoms. The maximum Gasteiger partial charge on any atom is 0.267 e. The number of nitrogens with zero attached hydrogens (tertiary/aromatic N) is 3. The van der Waals surface area contributed by atoms with Crippen LogP contribution in [0.4, 0.5) is 0 Å². The zero-order valence-electron chi connectivity index (χ0n) is 19.1. The molecular formula is C26H21N4O4S2-. The Morgan fingerprint density at radius 2 is 1.86 bits per heavy atom. The van der Waals surface area contributed by atoms with Crippen molar-refractivity contribution < 1.29 is 14.7 Å². The normalized spacial score (nSPS) is 13.1. The van der Waals surface area contributed by atoms with Gasteiger partial charge in [-0.3, -0.25) is 14.2 Å². The molecule has 36 heavy (non-hydrogen) atoms. The number of thiophene rings is 1.